The number of piperidine rings is 1. The fraction of sp³-hybridized carbons (Fsp3) is 0.500. The van der Waals surface area contributed by atoms with Crippen LogP contribution in [0.15, 0.2) is 18.2 Å². The van der Waals surface area contributed by atoms with Gasteiger partial charge in [0.15, 0.2) is 0 Å². The number of hydrogen-bond acceptors (Lipinski definition) is 3. The lowest BCUT2D eigenvalue weighted by Gasteiger charge is -2.32. The summed E-state index contributed by atoms with van der Waals surface area (Å²) in [5.41, 5.74) is 7.07. The van der Waals surface area contributed by atoms with Gasteiger partial charge in [-0.25, -0.2) is 4.79 Å². The Kier molecular flexibility index (Phi) is 5.38. The van der Waals surface area contributed by atoms with E-state index in [2.05, 4.69) is 5.32 Å². The van der Waals surface area contributed by atoms with Crippen LogP contribution in [-0.2, 0) is 4.74 Å². The van der Waals surface area contributed by atoms with Gasteiger partial charge in [-0.2, -0.15) is 0 Å². The van der Waals surface area contributed by atoms with Gasteiger partial charge in [0.25, 0.3) is 0 Å². The number of nitrogens with one attached hydrogen (secondary N) is 1. The molecule has 0 aromatic heterocycles. The minimum atomic E-state index is -0.494. The summed E-state index contributed by atoms with van der Waals surface area (Å²) >= 11 is 0. The summed E-state index contributed by atoms with van der Waals surface area (Å²) in [5, 5.41) is 2.88. The van der Waals surface area contributed by atoms with E-state index in [4.69, 9.17) is 10.5 Å². The van der Waals surface area contributed by atoms with Crippen molar-refractivity contribution < 1.29 is 14.3 Å². The van der Waals surface area contributed by atoms with Gasteiger partial charge in [0.2, 0.25) is 5.91 Å². The lowest BCUT2D eigenvalue weighted by Crippen LogP contribution is -2.43. The zero-order valence-electron chi connectivity index (χ0n) is 13.1. The van der Waals surface area contributed by atoms with Crippen LogP contribution in [0.5, 0.6) is 0 Å². The van der Waals surface area contributed by atoms with Crippen LogP contribution in [0, 0.1) is 12.8 Å². The molecule has 0 bridgehead atoms. The van der Waals surface area contributed by atoms with Crippen molar-refractivity contribution in [3.8, 4) is 0 Å². The van der Waals surface area contributed by atoms with Crippen molar-refractivity contribution in [2.75, 3.05) is 32.1 Å². The van der Waals surface area contributed by atoms with Gasteiger partial charge in [0, 0.05) is 37.4 Å². The third-order valence-corrected chi connectivity index (χ3v) is 4.05. The van der Waals surface area contributed by atoms with Gasteiger partial charge in [0.1, 0.15) is 0 Å². The highest BCUT2D eigenvalue weighted by molar-refractivity contribution is 5.98. The first-order valence-electron chi connectivity index (χ1n) is 7.47. The molecule has 1 aromatic rings. The Bertz CT molecular complexity index is 558. The molecule has 1 atom stereocenters. The largest absolute Gasteiger partial charge is 0.384 e. The molecule has 0 unspecified atom stereocenters. The van der Waals surface area contributed by atoms with Crippen LogP contribution >= 0.6 is 0 Å². The minimum absolute atomic E-state index is 0.148. The zero-order chi connectivity index (χ0) is 16.1. The molecule has 3 amide bonds. The maximum Gasteiger partial charge on any atom is 0.321 e. The van der Waals surface area contributed by atoms with Gasteiger partial charge < -0.3 is 20.7 Å². The number of likely N-dealkylation sites (tertiary alicyclic amines) is 1. The average molecular weight is 305 g/mol. The molecule has 2 rings (SSSR count). The first-order valence-corrected chi connectivity index (χ1v) is 7.47. The number of rotatable bonds is 4. The molecule has 1 aliphatic rings. The molecule has 6 nitrogen and oxygen atoms in total. The predicted octanol–water partition coefficient (Wildman–Crippen LogP) is 1.98. The van der Waals surface area contributed by atoms with Crippen LogP contribution in [-0.4, -0.2) is 43.6 Å². The molecule has 0 radical (unpaired) electrons. The van der Waals surface area contributed by atoms with E-state index in [1.807, 2.05) is 0 Å². The average Bonchev–Trinajstić information content (AvgIpc) is 2.49. The van der Waals surface area contributed by atoms with E-state index in [1.165, 1.54) is 0 Å². The summed E-state index contributed by atoms with van der Waals surface area (Å²) in [6, 6.07) is 5.00. The second-order valence-corrected chi connectivity index (χ2v) is 5.68. The molecule has 22 heavy (non-hydrogen) atoms. The van der Waals surface area contributed by atoms with Crippen LogP contribution in [0.4, 0.5) is 10.5 Å². The molecular formula is C16H23N3O3. The van der Waals surface area contributed by atoms with Crippen molar-refractivity contribution in [3.63, 3.8) is 0 Å². The minimum Gasteiger partial charge on any atom is -0.384 e. The number of urea groups is 1. The highest BCUT2D eigenvalue weighted by Gasteiger charge is 2.24. The topological polar surface area (TPSA) is 84.7 Å². The van der Waals surface area contributed by atoms with Crippen LogP contribution in [0.25, 0.3) is 0 Å². The Morgan fingerprint density at radius 1 is 1.45 bits per heavy atom. The molecule has 0 saturated carbocycles. The van der Waals surface area contributed by atoms with Crippen molar-refractivity contribution in [3.05, 3.63) is 29.3 Å². The van der Waals surface area contributed by atoms with Gasteiger partial charge in [0.05, 0.1) is 6.61 Å². The number of anilines is 1. The van der Waals surface area contributed by atoms with Crippen molar-refractivity contribution in [2.24, 2.45) is 11.7 Å². The van der Waals surface area contributed by atoms with Gasteiger partial charge in [-0.1, -0.05) is 6.07 Å². The van der Waals surface area contributed by atoms with Gasteiger partial charge in [-0.05, 0) is 37.5 Å². The number of nitrogens with zero attached hydrogens (tertiary/aromatic N) is 1. The highest BCUT2D eigenvalue weighted by atomic mass is 16.5. The molecule has 120 valence electrons. The second-order valence-electron chi connectivity index (χ2n) is 5.68. The molecule has 0 aliphatic carbocycles. The van der Waals surface area contributed by atoms with Crippen molar-refractivity contribution in [1.82, 2.24) is 4.90 Å². The summed E-state index contributed by atoms with van der Waals surface area (Å²) in [6.45, 7) is 3.87. The number of primary amides is 1. The summed E-state index contributed by atoms with van der Waals surface area (Å²) in [5.74, 6) is -0.116. The van der Waals surface area contributed by atoms with E-state index in [-0.39, 0.29) is 6.03 Å². The van der Waals surface area contributed by atoms with Crippen LogP contribution in [0.3, 0.4) is 0 Å². The quantitative estimate of drug-likeness (QED) is 0.892. The van der Waals surface area contributed by atoms with Crippen LogP contribution < -0.4 is 11.1 Å². The number of carbonyl (C=O) groups is 2. The van der Waals surface area contributed by atoms with Crippen LogP contribution in [0.2, 0.25) is 0 Å². The van der Waals surface area contributed by atoms with E-state index in [9.17, 15) is 9.59 Å². The molecule has 3 N–H and O–H groups in total. The standard InChI is InChI=1S/C16H23N3O3/c1-11-13(15(17)20)6-3-7-14(11)18-16(21)19-8-4-5-12(9-19)10-22-2/h3,6-7,12H,4-5,8-10H2,1-2H3,(H2,17,20)(H,18,21)/t12-/m0/s1. The Balaban J connectivity index is 2.06. The molecule has 1 saturated heterocycles. The summed E-state index contributed by atoms with van der Waals surface area (Å²) in [7, 11) is 1.68. The Morgan fingerprint density at radius 2 is 2.23 bits per heavy atom. The number of methoxy groups -OCH3 is 1. The number of carbonyl (C=O) groups excluding carboxylic acids is 2. The Hall–Kier alpha value is -2.08. The van der Waals surface area contributed by atoms with Gasteiger partial charge >= 0.3 is 6.03 Å². The van der Waals surface area contributed by atoms with E-state index in [0.717, 1.165) is 19.4 Å². The van der Waals surface area contributed by atoms with E-state index >= 15 is 0 Å². The number of ether oxygens (including phenoxy) is 1. The zero-order valence-corrected chi connectivity index (χ0v) is 13.1. The SMILES string of the molecule is COC[C@H]1CCCN(C(=O)Nc2cccc(C(N)=O)c2C)C1. The monoisotopic (exact) mass is 305 g/mol. The molecular weight excluding hydrogens is 282 g/mol. The lowest BCUT2D eigenvalue weighted by molar-refractivity contribution is 0.0999. The third-order valence-electron chi connectivity index (χ3n) is 4.05. The summed E-state index contributed by atoms with van der Waals surface area (Å²) < 4.78 is 5.18. The molecule has 1 fully saturated rings. The van der Waals surface area contributed by atoms with Crippen molar-refractivity contribution in [2.45, 2.75) is 19.8 Å². The van der Waals surface area contributed by atoms with E-state index in [0.29, 0.717) is 35.9 Å². The fourth-order valence-electron chi connectivity index (χ4n) is 2.85. The third kappa shape index (κ3) is 3.76. The molecule has 1 aliphatic heterocycles. The lowest BCUT2D eigenvalue weighted by atomic mass is 9.99. The normalized spacial score (nSPS) is 18.1. The number of nitrogens with two attached hydrogens (primary N) is 1. The smallest absolute Gasteiger partial charge is 0.321 e. The maximum absolute atomic E-state index is 12.4. The first kappa shape index (κ1) is 16.3. The summed E-state index contributed by atoms with van der Waals surface area (Å²) in [4.78, 5) is 25.6. The van der Waals surface area contributed by atoms with E-state index in [1.54, 1.807) is 37.1 Å². The van der Waals surface area contributed by atoms with Crippen molar-refractivity contribution in [1.29, 1.82) is 0 Å². The highest BCUT2D eigenvalue weighted by Crippen LogP contribution is 2.21. The first-order chi connectivity index (χ1) is 10.5. The number of hydrogen-bond donors (Lipinski definition) is 2. The maximum atomic E-state index is 12.4. The molecule has 0 spiro atoms. The van der Waals surface area contributed by atoms with E-state index < -0.39 is 5.91 Å². The predicted molar refractivity (Wildman–Crippen MR) is 84.9 cm³/mol. The summed E-state index contributed by atoms with van der Waals surface area (Å²) in [6.07, 6.45) is 2.05. The molecule has 1 heterocycles. The van der Waals surface area contributed by atoms with Crippen LogP contribution in [0.1, 0.15) is 28.8 Å². The molecule has 6 heteroatoms. The Morgan fingerprint density at radius 3 is 2.91 bits per heavy atom. The number of amides is 3. The Labute approximate surface area is 130 Å². The fourth-order valence-corrected chi connectivity index (χ4v) is 2.85. The van der Waals surface area contributed by atoms with Crippen molar-refractivity contribution >= 4 is 17.6 Å². The van der Waals surface area contributed by atoms with Gasteiger partial charge in [-0.15, -0.1) is 0 Å². The molecule has 1 aromatic carbocycles. The number of benzene rings is 1. The van der Waals surface area contributed by atoms with Gasteiger partial charge in [-0.3, -0.25) is 4.79 Å². The second kappa shape index (κ2) is 7.26.